The molecule has 0 aliphatic carbocycles. The van der Waals surface area contributed by atoms with Crippen LogP contribution in [0.2, 0.25) is 0 Å². The standard InChI is InChI=1S/C19H24N2O6/c1-11(20-18(25)27-19(2,3)4)26-16(23)10-12-9-15(22)13-7-5-6-8-14(13)21-17(12)24/h5-8,11-12H,9-10H2,1-4H3,(H,20,25)(H,21,24). The summed E-state index contributed by atoms with van der Waals surface area (Å²) in [4.78, 5) is 48.4. The molecule has 0 saturated heterocycles. The molecule has 2 N–H and O–H groups in total. The number of hydrogen-bond donors (Lipinski definition) is 2. The van der Waals surface area contributed by atoms with Crippen LogP contribution in [0.1, 0.15) is 50.9 Å². The monoisotopic (exact) mass is 376 g/mol. The van der Waals surface area contributed by atoms with E-state index in [0.29, 0.717) is 11.3 Å². The molecular weight excluding hydrogens is 352 g/mol. The summed E-state index contributed by atoms with van der Waals surface area (Å²) in [5.74, 6) is -2.18. The molecule has 2 amide bonds. The number of carbonyl (C=O) groups is 4. The van der Waals surface area contributed by atoms with E-state index in [-0.39, 0.29) is 18.6 Å². The van der Waals surface area contributed by atoms with Crippen molar-refractivity contribution in [1.29, 1.82) is 0 Å². The second-order valence-corrected chi connectivity index (χ2v) is 7.34. The van der Waals surface area contributed by atoms with Crippen LogP contribution in [0, 0.1) is 5.92 Å². The van der Waals surface area contributed by atoms with E-state index in [0.717, 1.165) is 0 Å². The van der Waals surface area contributed by atoms with E-state index in [2.05, 4.69) is 10.6 Å². The van der Waals surface area contributed by atoms with Crippen LogP contribution in [0.4, 0.5) is 10.5 Å². The van der Waals surface area contributed by atoms with Crippen LogP contribution < -0.4 is 10.6 Å². The lowest BCUT2D eigenvalue weighted by molar-refractivity contribution is -0.151. The van der Waals surface area contributed by atoms with Gasteiger partial charge in [-0.05, 0) is 39.8 Å². The predicted molar refractivity (Wildman–Crippen MR) is 97.0 cm³/mol. The Hall–Kier alpha value is -2.90. The summed E-state index contributed by atoms with van der Waals surface area (Å²) in [6, 6.07) is 6.69. The second kappa shape index (κ2) is 8.20. The number of hydrogen-bond acceptors (Lipinski definition) is 6. The van der Waals surface area contributed by atoms with E-state index in [9.17, 15) is 19.2 Å². The zero-order valence-electron chi connectivity index (χ0n) is 15.8. The lowest BCUT2D eigenvalue weighted by Gasteiger charge is -2.22. The van der Waals surface area contributed by atoms with Crippen LogP contribution in [0.3, 0.4) is 0 Å². The van der Waals surface area contributed by atoms with E-state index >= 15 is 0 Å². The average Bonchev–Trinajstić information content (AvgIpc) is 2.62. The largest absolute Gasteiger partial charge is 0.444 e. The molecule has 0 spiro atoms. The number of para-hydroxylation sites is 1. The molecular formula is C19H24N2O6. The summed E-state index contributed by atoms with van der Waals surface area (Å²) in [5.41, 5.74) is 0.173. The molecule has 1 heterocycles. The maximum atomic E-state index is 12.3. The Morgan fingerprint density at radius 1 is 1.26 bits per heavy atom. The molecule has 0 bridgehead atoms. The molecule has 8 nitrogen and oxygen atoms in total. The molecule has 2 rings (SSSR count). The highest BCUT2D eigenvalue weighted by atomic mass is 16.6. The van der Waals surface area contributed by atoms with E-state index in [1.165, 1.54) is 6.92 Å². The molecule has 0 aromatic heterocycles. The van der Waals surface area contributed by atoms with Crippen LogP contribution in [0.25, 0.3) is 0 Å². The molecule has 27 heavy (non-hydrogen) atoms. The summed E-state index contributed by atoms with van der Waals surface area (Å²) in [6.07, 6.45) is -2.02. The zero-order chi connectivity index (χ0) is 20.2. The molecule has 8 heteroatoms. The SMILES string of the molecule is CC(NC(=O)OC(C)(C)C)OC(=O)CC1CC(=O)c2ccccc2NC1=O. The number of anilines is 1. The summed E-state index contributed by atoms with van der Waals surface area (Å²) in [5, 5.41) is 5.04. The number of amides is 2. The molecule has 2 unspecified atom stereocenters. The lowest BCUT2D eigenvalue weighted by Crippen LogP contribution is -2.40. The highest BCUT2D eigenvalue weighted by molar-refractivity contribution is 6.10. The molecule has 1 aromatic carbocycles. The first kappa shape index (κ1) is 20.4. The number of rotatable bonds is 4. The van der Waals surface area contributed by atoms with E-state index in [4.69, 9.17) is 9.47 Å². The number of ketones is 1. The second-order valence-electron chi connectivity index (χ2n) is 7.34. The molecule has 1 aromatic rings. The zero-order valence-corrected chi connectivity index (χ0v) is 15.8. The van der Waals surface area contributed by atoms with Gasteiger partial charge in [0.05, 0.1) is 18.0 Å². The van der Waals surface area contributed by atoms with Gasteiger partial charge in [-0.2, -0.15) is 0 Å². The van der Waals surface area contributed by atoms with Gasteiger partial charge in [-0.1, -0.05) is 12.1 Å². The molecule has 1 aliphatic heterocycles. The predicted octanol–water partition coefficient (Wildman–Crippen LogP) is 2.63. The molecule has 0 radical (unpaired) electrons. The van der Waals surface area contributed by atoms with Crippen LogP contribution in [-0.4, -0.2) is 35.6 Å². The minimum Gasteiger partial charge on any atom is -0.444 e. The topological polar surface area (TPSA) is 111 Å². The Morgan fingerprint density at radius 3 is 2.59 bits per heavy atom. The summed E-state index contributed by atoms with van der Waals surface area (Å²) in [6.45, 7) is 6.60. The third-order valence-electron chi connectivity index (χ3n) is 3.73. The highest BCUT2D eigenvalue weighted by Gasteiger charge is 2.31. The Morgan fingerprint density at radius 2 is 1.93 bits per heavy atom. The number of fused-ring (bicyclic) bond motifs is 1. The average molecular weight is 376 g/mol. The van der Waals surface area contributed by atoms with Crippen molar-refractivity contribution in [2.24, 2.45) is 5.92 Å². The molecule has 0 saturated carbocycles. The van der Waals surface area contributed by atoms with Crippen molar-refractivity contribution in [2.75, 3.05) is 5.32 Å². The summed E-state index contributed by atoms with van der Waals surface area (Å²) in [7, 11) is 0. The Kier molecular flexibility index (Phi) is 6.20. The van der Waals surface area contributed by atoms with Crippen molar-refractivity contribution < 1.29 is 28.7 Å². The quantitative estimate of drug-likeness (QED) is 0.617. The first-order chi connectivity index (χ1) is 12.5. The van der Waals surface area contributed by atoms with Gasteiger partial charge in [-0.15, -0.1) is 0 Å². The molecule has 146 valence electrons. The fourth-order valence-electron chi connectivity index (χ4n) is 2.61. The molecule has 1 aliphatic rings. The first-order valence-corrected chi connectivity index (χ1v) is 8.67. The van der Waals surface area contributed by atoms with Gasteiger partial charge in [0.15, 0.2) is 12.0 Å². The maximum Gasteiger partial charge on any atom is 0.410 e. The minimum absolute atomic E-state index is 0.0914. The van der Waals surface area contributed by atoms with Gasteiger partial charge >= 0.3 is 12.1 Å². The normalized spacial score (nSPS) is 17.9. The van der Waals surface area contributed by atoms with E-state index in [1.807, 2.05) is 0 Å². The number of carbonyl (C=O) groups excluding carboxylic acids is 4. The van der Waals surface area contributed by atoms with Crippen LogP contribution in [-0.2, 0) is 19.1 Å². The van der Waals surface area contributed by atoms with E-state index in [1.54, 1.807) is 45.0 Å². The van der Waals surface area contributed by atoms with Gasteiger partial charge in [0.1, 0.15) is 5.60 Å². The first-order valence-electron chi connectivity index (χ1n) is 8.67. The summed E-state index contributed by atoms with van der Waals surface area (Å²) < 4.78 is 10.2. The van der Waals surface area contributed by atoms with Gasteiger partial charge < -0.3 is 14.8 Å². The van der Waals surface area contributed by atoms with Crippen LogP contribution >= 0.6 is 0 Å². The number of nitrogens with one attached hydrogen (secondary N) is 2. The van der Waals surface area contributed by atoms with Crippen LogP contribution in [0.5, 0.6) is 0 Å². The molecule has 0 fully saturated rings. The van der Waals surface area contributed by atoms with Gasteiger partial charge in [0.25, 0.3) is 0 Å². The third kappa shape index (κ3) is 6.09. The van der Waals surface area contributed by atoms with Crippen molar-refractivity contribution >= 4 is 29.4 Å². The van der Waals surface area contributed by atoms with Gasteiger partial charge in [0, 0.05) is 12.0 Å². The number of alkyl carbamates (subject to hydrolysis) is 1. The Bertz CT molecular complexity index is 753. The minimum atomic E-state index is -0.936. The fraction of sp³-hybridized carbons (Fsp3) is 0.474. The van der Waals surface area contributed by atoms with Crippen molar-refractivity contribution in [2.45, 2.75) is 52.4 Å². The highest BCUT2D eigenvalue weighted by Crippen LogP contribution is 2.26. The van der Waals surface area contributed by atoms with Crippen molar-refractivity contribution in [3.63, 3.8) is 0 Å². The van der Waals surface area contributed by atoms with Crippen molar-refractivity contribution in [3.05, 3.63) is 29.8 Å². The number of Topliss-reactive ketones (excluding diaryl/α,β-unsaturated/α-hetero) is 1. The Labute approximate surface area is 157 Å². The smallest absolute Gasteiger partial charge is 0.410 e. The molecule has 2 atom stereocenters. The number of esters is 1. The van der Waals surface area contributed by atoms with Crippen molar-refractivity contribution in [1.82, 2.24) is 5.32 Å². The number of ether oxygens (including phenoxy) is 2. The fourth-order valence-corrected chi connectivity index (χ4v) is 2.61. The van der Waals surface area contributed by atoms with Crippen molar-refractivity contribution in [3.8, 4) is 0 Å². The maximum absolute atomic E-state index is 12.3. The third-order valence-corrected chi connectivity index (χ3v) is 3.73. The van der Waals surface area contributed by atoms with Gasteiger partial charge in [0.2, 0.25) is 5.91 Å². The lowest BCUT2D eigenvalue weighted by atomic mass is 9.96. The van der Waals surface area contributed by atoms with Crippen LogP contribution in [0.15, 0.2) is 24.3 Å². The Balaban J connectivity index is 1.91. The van der Waals surface area contributed by atoms with E-state index < -0.39 is 35.7 Å². The van der Waals surface area contributed by atoms with Gasteiger partial charge in [-0.25, -0.2) is 4.79 Å². The van der Waals surface area contributed by atoms with Gasteiger partial charge in [-0.3, -0.25) is 19.7 Å². The summed E-state index contributed by atoms with van der Waals surface area (Å²) >= 11 is 0. The number of benzene rings is 1.